The first-order valence-electron chi connectivity index (χ1n) is 3.52. The molecule has 0 aliphatic heterocycles. The molecule has 1 aromatic rings. The van der Waals surface area contributed by atoms with Gasteiger partial charge in [-0.3, -0.25) is 0 Å². The lowest BCUT2D eigenvalue weighted by Gasteiger charge is -2.15. The average Bonchev–Trinajstić information content (AvgIpc) is 2.49. The minimum atomic E-state index is -0.417. The van der Waals surface area contributed by atoms with Crippen LogP contribution in [0.4, 0.5) is 0 Å². The first kappa shape index (κ1) is 9.95. The summed E-state index contributed by atoms with van der Waals surface area (Å²) in [6.07, 6.45) is 0. The van der Waals surface area contributed by atoms with Gasteiger partial charge in [0.15, 0.2) is 0 Å². The van der Waals surface area contributed by atoms with Gasteiger partial charge in [-0.2, -0.15) is 0 Å². The van der Waals surface area contributed by atoms with Gasteiger partial charge in [0, 0.05) is 10.9 Å². The lowest BCUT2D eigenvalue weighted by molar-refractivity contribution is 0.250. The summed E-state index contributed by atoms with van der Waals surface area (Å²) in [5.41, 5.74) is 11.3. The van der Waals surface area contributed by atoms with E-state index in [1.54, 1.807) is 6.07 Å². The van der Waals surface area contributed by atoms with Gasteiger partial charge in [0.05, 0.1) is 17.0 Å². The summed E-state index contributed by atoms with van der Waals surface area (Å²) < 4.78 is 0.686. The van der Waals surface area contributed by atoms with E-state index >= 15 is 0 Å². The Morgan fingerprint density at radius 2 is 2.17 bits per heavy atom. The van der Waals surface area contributed by atoms with E-state index in [0.29, 0.717) is 4.34 Å². The maximum atomic E-state index is 8.74. The quantitative estimate of drug-likeness (QED) is 0.683. The van der Waals surface area contributed by atoms with Crippen molar-refractivity contribution < 1.29 is 5.11 Å². The molecule has 68 valence electrons. The fourth-order valence-corrected chi connectivity index (χ4v) is 1.97. The summed E-state index contributed by atoms with van der Waals surface area (Å²) in [4.78, 5) is 0.904. The van der Waals surface area contributed by atoms with Gasteiger partial charge < -0.3 is 16.6 Å². The van der Waals surface area contributed by atoms with Crippen LogP contribution in [0.15, 0.2) is 12.1 Å². The van der Waals surface area contributed by atoms with E-state index in [0.717, 1.165) is 4.88 Å². The molecule has 5 heteroatoms. The van der Waals surface area contributed by atoms with Crippen molar-refractivity contribution >= 4 is 22.9 Å². The number of thiophene rings is 1. The third kappa shape index (κ3) is 2.18. The molecule has 0 aliphatic rings. The van der Waals surface area contributed by atoms with Crippen LogP contribution in [0.2, 0.25) is 4.34 Å². The Balaban J connectivity index is 2.70. The second-order valence-corrected chi connectivity index (χ2v) is 4.26. The van der Waals surface area contributed by atoms with Crippen molar-refractivity contribution in [2.24, 2.45) is 11.5 Å². The van der Waals surface area contributed by atoms with Gasteiger partial charge in [-0.05, 0) is 12.1 Å². The fourth-order valence-electron chi connectivity index (χ4n) is 0.832. The molecule has 0 aromatic carbocycles. The summed E-state index contributed by atoms with van der Waals surface area (Å²) in [5.74, 6) is 0. The minimum Gasteiger partial charge on any atom is -0.395 e. The molecule has 5 N–H and O–H groups in total. The zero-order valence-electron chi connectivity index (χ0n) is 6.40. The molecule has 12 heavy (non-hydrogen) atoms. The van der Waals surface area contributed by atoms with Crippen molar-refractivity contribution in [3.05, 3.63) is 21.3 Å². The van der Waals surface area contributed by atoms with Crippen LogP contribution in [-0.2, 0) is 0 Å². The number of halogens is 1. The Bertz CT molecular complexity index is 253. The standard InChI is InChI=1S/C7H11ClN2OS/c8-6-2-1-5(12-6)7(10)4(9)3-11/h1-2,4,7,11H,3,9-10H2. The van der Waals surface area contributed by atoms with Gasteiger partial charge in [-0.25, -0.2) is 0 Å². The highest BCUT2D eigenvalue weighted by Gasteiger charge is 2.15. The summed E-state index contributed by atoms with van der Waals surface area (Å²) in [5, 5.41) is 8.74. The summed E-state index contributed by atoms with van der Waals surface area (Å²) in [6, 6.07) is 2.85. The molecule has 0 amide bonds. The third-order valence-corrected chi connectivity index (χ3v) is 2.93. The van der Waals surface area contributed by atoms with Crippen LogP contribution in [0.3, 0.4) is 0 Å². The zero-order valence-corrected chi connectivity index (χ0v) is 7.98. The molecule has 1 aromatic heterocycles. The Kier molecular flexibility index (Phi) is 3.49. The van der Waals surface area contributed by atoms with Crippen LogP contribution >= 0.6 is 22.9 Å². The predicted molar refractivity (Wildman–Crippen MR) is 51.3 cm³/mol. The Morgan fingerprint density at radius 1 is 1.50 bits per heavy atom. The van der Waals surface area contributed by atoms with Gasteiger partial charge in [0.1, 0.15) is 0 Å². The van der Waals surface area contributed by atoms with Crippen molar-refractivity contribution in [1.29, 1.82) is 0 Å². The number of hydrogen-bond donors (Lipinski definition) is 3. The van der Waals surface area contributed by atoms with Crippen LogP contribution in [-0.4, -0.2) is 17.8 Å². The molecule has 0 bridgehead atoms. The highest BCUT2D eigenvalue weighted by molar-refractivity contribution is 7.16. The van der Waals surface area contributed by atoms with E-state index in [-0.39, 0.29) is 12.6 Å². The van der Waals surface area contributed by atoms with Crippen molar-refractivity contribution in [1.82, 2.24) is 0 Å². The molecule has 0 saturated carbocycles. The van der Waals surface area contributed by atoms with E-state index in [2.05, 4.69) is 0 Å². The van der Waals surface area contributed by atoms with Gasteiger partial charge >= 0.3 is 0 Å². The lowest BCUT2D eigenvalue weighted by Crippen LogP contribution is -2.36. The molecular formula is C7H11ClN2OS. The monoisotopic (exact) mass is 206 g/mol. The fraction of sp³-hybridized carbons (Fsp3) is 0.429. The Morgan fingerprint density at radius 3 is 2.58 bits per heavy atom. The van der Waals surface area contributed by atoms with Crippen molar-refractivity contribution in [2.45, 2.75) is 12.1 Å². The van der Waals surface area contributed by atoms with Crippen LogP contribution in [0.5, 0.6) is 0 Å². The smallest absolute Gasteiger partial charge is 0.0931 e. The number of nitrogens with two attached hydrogens (primary N) is 2. The van der Waals surface area contributed by atoms with Crippen LogP contribution < -0.4 is 11.5 Å². The molecule has 0 saturated heterocycles. The molecule has 0 spiro atoms. The van der Waals surface area contributed by atoms with Crippen LogP contribution in [0.1, 0.15) is 10.9 Å². The first-order valence-corrected chi connectivity index (χ1v) is 4.72. The highest BCUT2D eigenvalue weighted by atomic mass is 35.5. The maximum Gasteiger partial charge on any atom is 0.0931 e. The second-order valence-electron chi connectivity index (χ2n) is 2.51. The second kappa shape index (κ2) is 4.20. The number of rotatable bonds is 3. The van der Waals surface area contributed by atoms with Gasteiger partial charge in [0.25, 0.3) is 0 Å². The molecule has 0 radical (unpaired) electrons. The molecule has 0 aliphatic carbocycles. The Hall–Kier alpha value is -0.130. The summed E-state index contributed by atoms with van der Waals surface area (Å²) >= 11 is 7.10. The zero-order chi connectivity index (χ0) is 9.14. The number of aliphatic hydroxyl groups is 1. The van der Waals surface area contributed by atoms with E-state index in [1.165, 1.54) is 11.3 Å². The van der Waals surface area contributed by atoms with Crippen molar-refractivity contribution in [3.63, 3.8) is 0 Å². The average molecular weight is 207 g/mol. The number of aliphatic hydroxyl groups excluding tert-OH is 1. The first-order chi connectivity index (χ1) is 5.65. The lowest BCUT2D eigenvalue weighted by atomic mass is 10.1. The SMILES string of the molecule is NC(CO)C(N)c1ccc(Cl)s1. The highest BCUT2D eigenvalue weighted by Crippen LogP contribution is 2.26. The molecule has 2 unspecified atom stereocenters. The van der Waals surface area contributed by atoms with Gasteiger partial charge in [-0.1, -0.05) is 11.6 Å². The van der Waals surface area contributed by atoms with Crippen molar-refractivity contribution in [2.75, 3.05) is 6.61 Å². The summed E-state index contributed by atoms with van der Waals surface area (Å²) in [6.45, 7) is -0.114. The molecule has 0 fully saturated rings. The molecule has 1 heterocycles. The van der Waals surface area contributed by atoms with Gasteiger partial charge in [-0.15, -0.1) is 11.3 Å². The van der Waals surface area contributed by atoms with E-state index in [4.69, 9.17) is 28.2 Å². The van der Waals surface area contributed by atoms with E-state index < -0.39 is 6.04 Å². The summed E-state index contributed by atoms with van der Waals surface area (Å²) in [7, 11) is 0. The van der Waals surface area contributed by atoms with Crippen molar-refractivity contribution in [3.8, 4) is 0 Å². The molecule has 2 atom stereocenters. The van der Waals surface area contributed by atoms with E-state index in [9.17, 15) is 0 Å². The van der Waals surface area contributed by atoms with Gasteiger partial charge in [0.2, 0.25) is 0 Å². The normalized spacial score (nSPS) is 16.0. The van der Waals surface area contributed by atoms with E-state index in [1.807, 2.05) is 6.07 Å². The molecule has 3 nitrogen and oxygen atoms in total. The third-order valence-electron chi connectivity index (χ3n) is 1.59. The maximum absolute atomic E-state index is 8.74. The number of hydrogen-bond acceptors (Lipinski definition) is 4. The van der Waals surface area contributed by atoms with Crippen LogP contribution in [0.25, 0.3) is 0 Å². The Labute approximate surface area is 79.9 Å². The topological polar surface area (TPSA) is 72.3 Å². The largest absolute Gasteiger partial charge is 0.395 e. The van der Waals surface area contributed by atoms with Crippen LogP contribution in [0, 0.1) is 0 Å². The predicted octanol–water partition coefficient (Wildman–Crippen LogP) is 0.721. The minimum absolute atomic E-state index is 0.114. The molecule has 1 rings (SSSR count). The molecular weight excluding hydrogens is 196 g/mol.